The van der Waals surface area contributed by atoms with Crippen LogP contribution in [0.3, 0.4) is 0 Å². The van der Waals surface area contributed by atoms with Gasteiger partial charge in [-0.05, 0) is 24.3 Å². The molecule has 0 aliphatic carbocycles. The van der Waals surface area contributed by atoms with Gasteiger partial charge in [-0.15, -0.1) is 0 Å². The minimum Gasteiger partial charge on any atom is -0.497 e. The number of ketones is 1. The van der Waals surface area contributed by atoms with Gasteiger partial charge in [-0.3, -0.25) is 4.79 Å². The van der Waals surface area contributed by atoms with E-state index in [-0.39, 0.29) is 5.56 Å². The molecule has 0 atom stereocenters. The maximum Gasteiger partial charge on any atom is 0.199 e. The van der Waals surface area contributed by atoms with Gasteiger partial charge in [0.05, 0.1) is 19.8 Å². The van der Waals surface area contributed by atoms with E-state index in [1.807, 2.05) is 0 Å². The molecule has 3 nitrogen and oxygen atoms in total. The number of carbonyl (C=O) groups excluding carboxylic acids is 1. The highest BCUT2D eigenvalue weighted by molar-refractivity contribution is 6.09. The lowest BCUT2D eigenvalue weighted by atomic mass is 10.0. The summed E-state index contributed by atoms with van der Waals surface area (Å²) in [6.07, 6.45) is 0. The van der Waals surface area contributed by atoms with Crippen LogP contribution in [-0.4, -0.2) is 20.0 Å². The Morgan fingerprint density at radius 3 is 1.90 bits per heavy atom. The monoisotopic (exact) mass is 278 g/mol. The molecule has 0 saturated heterocycles. The Morgan fingerprint density at radius 1 is 0.950 bits per heavy atom. The predicted molar refractivity (Wildman–Crippen MR) is 69.3 cm³/mol. The van der Waals surface area contributed by atoms with Crippen LogP contribution >= 0.6 is 0 Å². The van der Waals surface area contributed by atoms with Gasteiger partial charge in [-0.25, -0.2) is 8.78 Å². The minimum atomic E-state index is -0.906. The zero-order valence-electron chi connectivity index (χ0n) is 10.9. The molecule has 0 saturated carbocycles. The van der Waals surface area contributed by atoms with Gasteiger partial charge in [0, 0.05) is 11.6 Å². The smallest absolute Gasteiger partial charge is 0.199 e. The molecule has 2 aromatic rings. The molecule has 0 aliphatic heterocycles. The summed E-state index contributed by atoms with van der Waals surface area (Å²) < 4.78 is 37.3. The van der Waals surface area contributed by atoms with Gasteiger partial charge in [0.25, 0.3) is 0 Å². The molecule has 0 amide bonds. The molecule has 0 spiro atoms. The highest BCUT2D eigenvalue weighted by atomic mass is 19.1. The Balaban J connectivity index is 2.53. The Hall–Kier alpha value is -2.43. The highest BCUT2D eigenvalue weighted by Gasteiger charge is 2.20. The average Bonchev–Trinajstić information content (AvgIpc) is 2.46. The van der Waals surface area contributed by atoms with Crippen molar-refractivity contribution in [2.24, 2.45) is 0 Å². The van der Waals surface area contributed by atoms with Crippen LogP contribution in [0.5, 0.6) is 11.5 Å². The normalized spacial score (nSPS) is 10.2. The molecule has 0 aromatic heterocycles. The van der Waals surface area contributed by atoms with Crippen molar-refractivity contribution in [3.05, 3.63) is 59.2 Å². The number of ether oxygens (including phenoxy) is 2. The van der Waals surface area contributed by atoms with E-state index in [0.717, 1.165) is 12.1 Å². The Morgan fingerprint density at radius 2 is 1.45 bits per heavy atom. The van der Waals surface area contributed by atoms with Crippen LogP contribution in [0.4, 0.5) is 8.78 Å². The van der Waals surface area contributed by atoms with Gasteiger partial charge in [-0.2, -0.15) is 0 Å². The van der Waals surface area contributed by atoms with E-state index >= 15 is 0 Å². The van der Waals surface area contributed by atoms with E-state index in [1.54, 1.807) is 6.07 Å². The van der Waals surface area contributed by atoms with E-state index < -0.39 is 23.0 Å². The van der Waals surface area contributed by atoms with Crippen LogP contribution in [-0.2, 0) is 0 Å². The fourth-order valence-corrected chi connectivity index (χ4v) is 1.80. The van der Waals surface area contributed by atoms with Crippen molar-refractivity contribution >= 4 is 5.78 Å². The summed E-state index contributed by atoms with van der Waals surface area (Å²) in [5.74, 6) is -1.85. The summed E-state index contributed by atoms with van der Waals surface area (Å²) >= 11 is 0. The molecule has 104 valence electrons. The van der Waals surface area contributed by atoms with Crippen LogP contribution < -0.4 is 9.47 Å². The molecule has 5 heteroatoms. The second-order valence-electron chi connectivity index (χ2n) is 4.03. The number of benzene rings is 2. The lowest BCUT2D eigenvalue weighted by Gasteiger charge is -2.09. The first-order valence-corrected chi connectivity index (χ1v) is 5.78. The molecular formula is C15H12F2O3. The zero-order valence-corrected chi connectivity index (χ0v) is 10.9. The number of hydrogen-bond acceptors (Lipinski definition) is 3. The van der Waals surface area contributed by atoms with E-state index in [9.17, 15) is 13.6 Å². The van der Waals surface area contributed by atoms with Crippen LogP contribution in [0.2, 0.25) is 0 Å². The largest absolute Gasteiger partial charge is 0.497 e. The first-order valence-electron chi connectivity index (χ1n) is 5.78. The standard InChI is InChI=1S/C15H12F2O3/c1-19-10-6-9(7-11(8-10)20-2)15(18)14-12(16)4-3-5-13(14)17/h3-8H,1-2H3. The summed E-state index contributed by atoms with van der Waals surface area (Å²) in [6.45, 7) is 0. The summed E-state index contributed by atoms with van der Waals surface area (Å²) in [7, 11) is 2.85. The van der Waals surface area contributed by atoms with Gasteiger partial charge >= 0.3 is 0 Å². The third kappa shape index (κ3) is 2.61. The molecule has 0 fully saturated rings. The Bertz CT molecular complexity index is 611. The van der Waals surface area contributed by atoms with E-state index in [1.165, 1.54) is 32.4 Å². The average molecular weight is 278 g/mol. The second-order valence-corrected chi connectivity index (χ2v) is 4.03. The highest BCUT2D eigenvalue weighted by Crippen LogP contribution is 2.25. The molecule has 0 unspecified atom stereocenters. The second kappa shape index (κ2) is 5.69. The molecule has 0 N–H and O–H groups in total. The minimum absolute atomic E-state index is 0.0881. The van der Waals surface area contributed by atoms with Crippen molar-refractivity contribution in [2.75, 3.05) is 14.2 Å². The maximum absolute atomic E-state index is 13.6. The van der Waals surface area contributed by atoms with Crippen molar-refractivity contribution < 1.29 is 23.0 Å². The summed E-state index contributed by atoms with van der Waals surface area (Å²) in [4.78, 5) is 12.2. The quantitative estimate of drug-likeness (QED) is 0.806. The Labute approximate surface area is 114 Å². The molecule has 20 heavy (non-hydrogen) atoms. The molecule has 0 radical (unpaired) electrons. The van der Waals surface area contributed by atoms with Gasteiger partial charge in [0.2, 0.25) is 0 Å². The number of halogens is 2. The van der Waals surface area contributed by atoms with Gasteiger partial charge in [0.1, 0.15) is 23.1 Å². The van der Waals surface area contributed by atoms with Crippen LogP contribution in [0.1, 0.15) is 15.9 Å². The van der Waals surface area contributed by atoms with Crippen LogP contribution in [0, 0.1) is 11.6 Å². The predicted octanol–water partition coefficient (Wildman–Crippen LogP) is 3.21. The van der Waals surface area contributed by atoms with Crippen LogP contribution in [0.25, 0.3) is 0 Å². The first-order chi connectivity index (χ1) is 9.56. The third-order valence-corrected chi connectivity index (χ3v) is 2.80. The van der Waals surface area contributed by atoms with Gasteiger partial charge in [-0.1, -0.05) is 6.07 Å². The van der Waals surface area contributed by atoms with E-state index in [2.05, 4.69) is 0 Å². The van der Waals surface area contributed by atoms with Crippen molar-refractivity contribution in [3.63, 3.8) is 0 Å². The fraction of sp³-hybridized carbons (Fsp3) is 0.133. The number of methoxy groups -OCH3 is 2. The maximum atomic E-state index is 13.6. The molecule has 2 aromatic carbocycles. The van der Waals surface area contributed by atoms with Gasteiger partial charge in [0.15, 0.2) is 5.78 Å². The number of rotatable bonds is 4. The third-order valence-electron chi connectivity index (χ3n) is 2.80. The molecule has 0 heterocycles. The van der Waals surface area contributed by atoms with Crippen molar-refractivity contribution in [1.29, 1.82) is 0 Å². The molecular weight excluding hydrogens is 266 g/mol. The fourth-order valence-electron chi connectivity index (χ4n) is 1.80. The lowest BCUT2D eigenvalue weighted by molar-refractivity contribution is 0.103. The van der Waals surface area contributed by atoms with Gasteiger partial charge < -0.3 is 9.47 Å². The molecule has 0 aliphatic rings. The summed E-state index contributed by atoms with van der Waals surface area (Å²) in [5.41, 5.74) is -0.506. The Kier molecular flexibility index (Phi) is 3.98. The molecule has 2 rings (SSSR count). The summed E-state index contributed by atoms with van der Waals surface area (Å²) in [6, 6.07) is 7.64. The number of hydrogen-bond donors (Lipinski definition) is 0. The summed E-state index contributed by atoms with van der Waals surface area (Å²) in [5, 5.41) is 0. The van der Waals surface area contributed by atoms with Crippen molar-refractivity contribution in [3.8, 4) is 11.5 Å². The first kappa shape index (κ1) is 14.0. The van der Waals surface area contributed by atoms with Crippen LogP contribution in [0.15, 0.2) is 36.4 Å². The van der Waals surface area contributed by atoms with Crippen molar-refractivity contribution in [2.45, 2.75) is 0 Å². The van der Waals surface area contributed by atoms with Crippen molar-refractivity contribution in [1.82, 2.24) is 0 Å². The van der Waals surface area contributed by atoms with E-state index in [0.29, 0.717) is 11.5 Å². The number of carbonyl (C=O) groups is 1. The topological polar surface area (TPSA) is 35.5 Å². The lowest BCUT2D eigenvalue weighted by Crippen LogP contribution is -2.08. The van der Waals surface area contributed by atoms with E-state index in [4.69, 9.17) is 9.47 Å². The zero-order chi connectivity index (χ0) is 14.7. The SMILES string of the molecule is COc1cc(OC)cc(C(=O)c2c(F)cccc2F)c1. The molecule has 0 bridgehead atoms.